The van der Waals surface area contributed by atoms with Crippen LogP contribution in [-0.2, 0) is 0 Å². The number of rotatable bonds is 5. The molecule has 1 atom stereocenters. The van der Waals surface area contributed by atoms with Crippen molar-refractivity contribution in [1.29, 1.82) is 0 Å². The van der Waals surface area contributed by atoms with E-state index >= 15 is 0 Å². The Bertz CT molecular complexity index is 157. The summed E-state index contributed by atoms with van der Waals surface area (Å²) in [6.45, 7) is 1.78. The maximum atomic E-state index is 8.68. The standard InChI is InChI=1S/C8H16ClNO2/c1-2-7(3-5-11)8(9,10)4-6-12/h2,11-12H,3-6,10H2,1H3. The molecule has 0 saturated heterocycles. The van der Waals surface area contributed by atoms with Gasteiger partial charge in [-0.2, -0.15) is 0 Å². The number of nitrogens with two attached hydrogens (primary N) is 1. The van der Waals surface area contributed by atoms with Gasteiger partial charge in [-0.3, -0.25) is 0 Å². The van der Waals surface area contributed by atoms with Crippen LogP contribution >= 0.6 is 11.6 Å². The van der Waals surface area contributed by atoms with Crippen molar-refractivity contribution in [3.05, 3.63) is 11.6 Å². The number of alkyl halides is 1. The van der Waals surface area contributed by atoms with E-state index in [1.165, 1.54) is 0 Å². The molecule has 0 radical (unpaired) electrons. The second-order valence-corrected chi connectivity index (χ2v) is 3.30. The molecule has 12 heavy (non-hydrogen) atoms. The summed E-state index contributed by atoms with van der Waals surface area (Å²) < 4.78 is 0. The van der Waals surface area contributed by atoms with Crippen molar-refractivity contribution in [3.8, 4) is 0 Å². The number of hydrogen-bond donors (Lipinski definition) is 3. The van der Waals surface area contributed by atoms with Gasteiger partial charge in [-0.25, -0.2) is 0 Å². The van der Waals surface area contributed by atoms with Gasteiger partial charge in [0.15, 0.2) is 0 Å². The van der Waals surface area contributed by atoms with E-state index in [0.717, 1.165) is 5.57 Å². The first-order valence-electron chi connectivity index (χ1n) is 3.93. The minimum atomic E-state index is -1.01. The van der Waals surface area contributed by atoms with Crippen LogP contribution in [0.5, 0.6) is 0 Å². The summed E-state index contributed by atoms with van der Waals surface area (Å²) in [6, 6.07) is 0. The summed E-state index contributed by atoms with van der Waals surface area (Å²) in [5.41, 5.74) is 6.46. The molecule has 0 aromatic rings. The average Bonchev–Trinajstić information content (AvgIpc) is 1.99. The molecule has 0 fully saturated rings. The van der Waals surface area contributed by atoms with Gasteiger partial charge in [0.25, 0.3) is 0 Å². The van der Waals surface area contributed by atoms with Crippen molar-refractivity contribution in [2.24, 2.45) is 5.73 Å². The van der Waals surface area contributed by atoms with Crippen molar-refractivity contribution < 1.29 is 10.2 Å². The molecule has 0 aliphatic rings. The third-order valence-electron chi connectivity index (χ3n) is 1.74. The second-order valence-electron chi connectivity index (χ2n) is 2.62. The summed E-state index contributed by atoms with van der Waals surface area (Å²) in [4.78, 5) is -1.01. The van der Waals surface area contributed by atoms with Crippen LogP contribution in [0.4, 0.5) is 0 Å². The molecule has 0 aromatic heterocycles. The number of halogens is 1. The highest BCUT2D eigenvalue weighted by molar-refractivity contribution is 6.25. The minimum Gasteiger partial charge on any atom is -0.396 e. The first kappa shape index (κ1) is 11.9. The fourth-order valence-electron chi connectivity index (χ4n) is 1.04. The minimum absolute atomic E-state index is 0.0246. The molecule has 0 bridgehead atoms. The molecule has 0 saturated carbocycles. The SMILES string of the molecule is CC=C(CCO)C(N)(Cl)CCO. The highest BCUT2D eigenvalue weighted by atomic mass is 35.5. The largest absolute Gasteiger partial charge is 0.396 e. The van der Waals surface area contributed by atoms with E-state index in [-0.39, 0.29) is 13.2 Å². The molecule has 4 N–H and O–H groups in total. The van der Waals surface area contributed by atoms with Gasteiger partial charge < -0.3 is 15.9 Å². The predicted molar refractivity (Wildman–Crippen MR) is 49.9 cm³/mol. The van der Waals surface area contributed by atoms with Gasteiger partial charge in [-0.05, 0) is 18.9 Å². The maximum absolute atomic E-state index is 8.68. The van der Waals surface area contributed by atoms with E-state index in [0.29, 0.717) is 12.8 Å². The normalized spacial score (nSPS) is 17.6. The van der Waals surface area contributed by atoms with Gasteiger partial charge in [-0.15, -0.1) is 0 Å². The van der Waals surface area contributed by atoms with Crippen LogP contribution in [0.15, 0.2) is 11.6 Å². The van der Waals surface area contributed by atoms with Crippen molar-refractivity contribution in [2.75, 3.05) is 13.2 Å². The topological polar surface area (TPSA) is 66.5 Å². The van der Waals surface area contributed by atoms with Crippen LogP contribution in [-0.4, -0.2) is 28.4 Å². The average molecular weight is 194 g/mol. The molecule has 1 unspecified atom stereocenters. The molecule has 0 aromatic carbocycles. The number of aliphatic hydroxyl groups excluding tert-OH is 2. The van der Waals surface area contributed by atoms with Gasteiger partial charge in [0.1, 0.15) is 5.00 Å². The zero-order chi connectivity index (χ0) is 9.61. The van der Waals surface area contributed by atoms with Gasteiger partial charge >= 0.3 is 0 Å². The van der Waals surface area contributed by atoms with E-state index in [1.807, 2.05) is 6.92 Å². The Morgan fingerprint density at radius 2 is 2.08 bits per heavy atom. The molecule has 0 aliphatic carbocycles. The van der Waals surface area contributed by atoms with E-state index < -0.39 is 5.00 Å². The lowest BCUT2D eigenvalue weighted by molar-refractivity contribution is 0.265. The Hall–Kier alpha value is -0.0900. The molecule has 0 spiro atoms. The van der Waals surface area contributed by atoms with Crippen LogP contribution in [0, 0.1) is 0 Å². The van der Waals surface area contributed by atoms with E-state index in [1.54, 1.807) is 6.08 Å². The Balaban J connectivity index is 4.27. The molecular formula is C8H16ClNO2. The lowest BCUT2D eigenvalue weighted by Gasteiger charge is -2.24. The third-order valence-corrected chi connectivity index (χ3v) is 2.17. The van der Waals surface area contributed by atoms with Crippen LogP contribution in [0.25, 0.3) is 0 Å². The first-order valence-corrected chi connectivity index (χ1v) is 4.31. The van der Waals surface area contributed by atoms with Gasteiger partial charge in [0, 0.05) is 19.6 Å². The molecule has 4 heteroatoms. The van der Waals surface area contributed by atoms with E-state index in [2.05, 4.69) is 0 Å². The van der Waals surface area contributed by atoms with Crippen molar-refractivity contribution in [1.82, 2.24) is 0 Å². The van der Waals surface area contributed by atoms with Gasteiger partial charge in [0.2, 0.25) is 0 Å². The highest BCUT2D eigenvalue weighted by Gasteiger charge is 2.24. The lowest BCUT2D eigenvalue weighted by atomic mass is 10.0. The van der Waals surface area contributed by atoms with Crippen molar-refractivity contribution >= 4 is 11.6 Å². The molecule has 0 amide bonds. The summed E-state index contributed by atoms with van der Waals surface area (Å²) in [5, 5.41) is 17.3. The van der Waals surface area contributed by atoms with Crippen LogP contribution in [0.2, 0.25) is 0 Å². The van der Waals surface area contributed by atoms with Crippen LogP contribution < -0.4 is 5.73 Å². The van der Waals surface area contributed by atoms with Crippen molar-refractivity contribution in [2.45, 2.75) is 24.8 Å². The third kappa shape index (κ3) is 3.54. The Kier molecular flexibility index (Phi) is 5.50. The van der Waals surface area contributed by atoms with Crippen molar-refractivity contribution in [3.63, 3.8) is 0 Å². The van der Waals surface area contributed by atoms with Gasteiger partial charge in [0.05, 0.1) is 0 Å². The first-order chi connectivity index (χ1) is 5.58. The number of allylic oxidation sites excluding steroid dienone is 1. The fraction of sp³-hybridized carbons (Fsp3) is 0.750. The number of hydrogen-bond acceptors (Lipinski definition) is 3. The lowest BCUT2D eigenvalue weighted by Crippen LogP contribution is -2.36. The highest BCUT2D eigenvalue weighted by Crippen LogP contribution is 2.24. The summed E-state index contributed by atoms with van der Waals surface area (Å²) in [5.74, 6) is 0. The van der Waals surface area contributed by atoms with E-state index in [9.17, 15) is 0 Å². The Morgan fingerprint density at radius 3 is 2.42 bits per heavy atom. The molecule has 0 aliphatic heterocycles. The zero-order valence-electron chi connectivity index (χ0n) is 7.26. The summed E-state index contributed by atoms with van der Waals surface area (Å²) in [6.07, 6.45) is 2.53. The zero-order valence-corrected chi connectivity index (χ0v) is 8.01. The maximum Gasteiger partial charge on any atom is 0.115 e. The Labute approximate surface area is 77.8 Å². The van der Waals surface area contributed by atoms with Gasteiger partial charge in [-0.1, -0.05) is 17.7 Å². The predicted octanol–water partition coefficient (Wildman–Crippen LogP) is 0.591. The molecule has 0 heterocycles. The smallest absolute Gasteiger partial charge is 0.115 e. The quantitative estimate of drug-likeness (QED) is 0.340. The van der Waals surface area contributed by atoms with Crippen LogP contribution in [0.3, 0.4) is 0 Å². The summed E-state index contributed by atoms with van der Waals surface area (Å²) in [7, 11) is 0. The fourth-order valence-corrected chi connectivity index (χ4v) is 1.32. The molecule has 0 rings (SSSR count). The monoisotopic (exact) mass is 193 g/mol. The molecule has 72 valence electrons. The molecular weight excluding hydrogens is 178 g/mol. The van der Waals surface area contributed by atoms with Crippen LogP contribution in [0.1, 0.15) is 19.8 Å². The molecule has 3 nitrogen and oxygen atoms in total. The summed E-state index contributed by atoms with van der Waals surface area (Å²) >= 11 is 5.92. The van der Waals surface area contributed by atoms with E-state index in [4.69, 9.17) is 27.5 Å². The Morgan fingerprint density at radius 1 is 1.50 bits per heavy atom. The number of aliphatic hydroxyl groups is 2. The second kappa shape index (κ2) is 5.54.